The summed E-state index contributed by atoms with van der Waals surface area (Å²) in [5.41, 5.74) is 0. The predicted molar refractivity (Wildman–Crippen MR) is 87.9 cm³/mol. The monoisotopic (exact) mass is 322 g/mol. The van der Waals surface area contributed by atoms with Crippen molar-refractivity contribution in [3.05, 3.63) is 0 Å². The lowest BCUT2D eigenvalue weighted by Gasteiger charge is -2.36. The van der Waals surface area contributed by atoms with Crippen LogP contribution in [0.1, 0.15) is 58.3 Å². The highest BCUT2D eigenvalue weighted by Gasteiger charge is 2.38. The summed E-state index contributed by atoms with van der Waals surface area (Å²) < 4.78 is 5.25. The molecule has 130 valence electrons. The van der Waals surface area contributed by atoms with E-state index in [0.717, 1.165) is 44.9 Å². The number of carbonyl (C=O) groups excluding carboxylic acids is 2. The maximum Gasteiger partial charge on any atom is 0.323 e. The van der Waals surface area contributed by atoms with Crippen LogP contribution in [0, 0.1) is 5.92 Å². The highest BCUT2D eigenvalue weighted by molar-refractivity contribution is 5.78. The maximum atomic E-state index is 12.4. The van der Waals surface area contributed by atoms with Crippen LogP contribution in [0.5, 0.6) is 0 Å². The number of nitrogens with zero attached hydrogens (tertiary/aromatic N) is 2. The van der Waals surface area contributed by atoms with Crippen molar-refractivity contribution < 1.29 is 14.3 Å². The molecule has 1 aliphatic carbocycles. The van der Waals surface area contributed by atoms with Gasteiger partial charge in [-0.05, 0) is 19.3 Å². The van der Waals surface area contributed by atoms with Crippen LogP contribution in [-0.4, -0.2) is 60.0 Å². The summed E-state index contributed by atoms with van der Waals surface area (Å²) in [6, 6.07) is -0.0931. The number of carbonyl (C=O) groups is 2. The first-order valence-electron chi connectivity index (χ1n) is 9.36. The van der Waals surface area contributed by atoms with Gasteiger partial charge in [0.05, 0.1) is 0 Å². The fourth-order valence-electron chi connectivity index (χ4n) is 4.28. The fraction of sp³-hybridized carbons (Fsp3) is 0.889. The van der Waals surface area contributed by atoms with Crippen molar-refractivity contribution in [1.82, 2.24) is 9.80 Å². The van der Waals surface area contributed by atoms with Gasteiger partial charge in [0.2, 0.25) is 5.91 Å². The van der Waals surface area contributed by atoms with E-state index in [2.05, 4.69) is 4.90 Å². The quantitative estimate of drug-likeness (QED) is 0.745. The lowest BCUT2D eigenvalue weighted by Crippen LogP contribution is -2.53. The fourth-order valence-corrected chi connectivity index (χ4v) is 4.28. The minimum Gasteiger partial charge on any atom is -0.461 e. The third-order valence-electron chi connectivity index (χ3n) is 5.74. The van der Waals surface area contributed by atoms with Crippen molar-refractivity contribution in [2.75, 3.05) is 26.2 Å². The van der Waals surface area contributed by atoms with Gasteiger partial charge in [-0.3, -0.25) is 14.5 Å². The number of amides is 1. The van der Waals surface area contributed by atoms with Crippen molar-refractivity contribution in [1.29, 1.82) is 0 Å². The molecule has 0 aromatic rings. The number of hydrogen-bond donors (Lipinski definition) is 0. The number of cyclic esters (lactones) is 1. The van der Waals surface area contributed by atoms with Crippen LogP contribution in [-0.2, 0) is 14.3 Å². The van der Waals surface area contributed by atoms with E-state index in [1.165, 1.54) is 32.1 Å². The van der Waals surface area contributed by atoms with Crippen LogP contribution < -0.4 is 0 Å². The number of piperazine rings is 1. The molecule has 2 saturated heterocycles. The third-order valence-corrected chi connectivity index (χ3v) is 5.74. The van der Waals surface area contributed by atoms with Gasteiger partial charge in [-0.1, -0.05) is 32.1 Å². The molecule has 3 aliphatic rings. The van der Waals surface area contributed by atoms with Crippen molar-refractivity contribution in [2.45, 2.75) is 70.4 Å². The van der Waals surface area contributed by atoms with Crippen molar-refractivity contribution in [3.63, 3.8) is 0 Å². The van der Waals surface area contributed by atoms with Gasteiger partial charge >= 0.3 is 5.97 Å². The zero-order valence-corrected chi connectivity index (χ0v) is 14.3. The molecular formula is C18H30N2O3. The van der Waals surface area contributed by atoms with E-state index in [-0.39, 0.29) is 18.1 Å². The summed E-state index contributed by atoms with van der Waals surface area (Å²) >= 11 is 0. The first kappa shape index (κ1) is 16.7. The summed E-state index contributed by atoms with van der Waals surface area (Å²) in [5, 5.41) is 0. The van der Waals surface area contributed by atoms with Crippen molar-refractivity contribution >= 4 is 11.9 Å². The molecule has 3 rings (SSSR count). The Hall–Kier alpha value is -1.10. The smallest absolute Gasteiger partial charge is 0.323 e. The van der Waals surface area contributed by atoms with Gasteiger partial charge in [-0.15, -0.1) is 0 Å². The normalized spacial score (nSPS) is 30.5. The van der Waals surface area contributed by atoms with E-state index in [0.29, 0.717) is 12.3 Å². The average molecular weight is 322 g/mol. The lowest BCUT2D eigenvalue weighted by molar-refractivity contribution is -0.145. The Morgan fingerprint density at radius 2 is 1.83 bits per heavy atom. The second-order valence-electron chi connectivity index (χ2n) is 7.46. The number of ether oxygens (including phenoxy) is 1. The molecule has 0 unspecified atom stereocenters. The van der Waals surface area contributed by atoms with Crippen LogP contribution in [0.25, 0.3) is 0 Å². The Labute approximate surface area is 139 Å². The molecule has 3 fully saturated rings. The Morgan fingerprint density at radius 1 is 1.13 bits per heavy atom. The summed E-state index contributed by atoms with van der Waals surface area (Å²) in [6.07, 6.45) is 9.25. The summed E-state index contributed by atoms with van der Waals surface area (Å²) in [6.45, 7) is 5.04. The molecule has 0 aromatic heterocycles. The summed E-state index contributed by atoms with van der Waals surface area (Å²) in [5.74, 6) is 0.982. The molecule has 1 amide bonds. The molecule has 5 nitrogen and oxygen atoms in total. The van der Waals surface area contributed by atoms with Crippen molar-refractivity contribution in [2.24, 2.45) is 5.92 Å². The zero-order chi connectivity index (χ0) is 16.2. The van der Waals surface area contributed by atoms with Crippen LogP contribution in [0.4, 0.5) is 0 Å². The van der Waals surface area contributed by atoms with E-state index in [1.807, 2.05) is 11.8 Å². The minimum absolute atomic E-state index is 0.0302. The molecular weight excluding hydrogens is 292 g/mol. The molecule has 1 saturated carbocycles. The molecule has 2 heterocycles. The van der Waals surface area contributed by atoms with Gasteiger partial charge in [0.1, 0.15) is 12.1 Å². The number of hydrogen-bond acceptors (Lipinski definition) is 4. The van der Waals surface area contributed by atoms with Crippen LogP contribution in [0.2, 0.25) is 0 Å². The Bertz CT molecular complexity index is 426. The number of rotatable bonds is 4. The van der Waals surface area contributed by atoms with Crippen LogP contribution in [0.3, 0.4) is 0 Å². The van der Waals surface area contributed by atoms with Crippen LogP contribution in [0.15, 0.2) is 0 Å². The van der Waals surface area contributed by atoms with E-state index < -0.39 is 0 Å². The molecule has 23 heavy (non-hydrogen) atoms. The molecule has 0 radical (unpaired) electrons. The standard InChI is InChI=1S/C18H30N2O3/c1-14-13-16(18(22)23-14)19-9-11-20(12-10-19)17(21)8-7-15-5-3-2-4-6-15/h14-16H,2-13H2,1H3/t14-,16+/m0/s1. The van der Waals surface area contributed by atoms with Gasteiger partial charge in [0, 0.05) is 39.0 Å². The van der Waals surface area contributed by atoms with Crippen molar-refractivity contribution in [3.8, 4) is 0 Å². The van der Waals surface area contributed by atoms with Crippen LogP contribution >= 0.6 is 0 Å². The van der Waals surface area contributed by atoms with E-state index in [9.17, 15) is 9.59 Å². The molecule has 0 N–H and O–H groups in total. The first-order chi connectivity index (χ1) is 11.1. The molecule has 0 spiro atoms. The average Bonchev–Trinajstić information content (AvgIpc) is 2.92. The Morgan fingerprint density at radius 3 is 2.43 bits per heavy atom. The summed E-state index contributed by atoms with van der Waals surface area (Å²) in [7, 11) is 0. The van der Waals surface area contributed by atoms with E-state index in [1.54, 1.807) is 0 Å². The minimum atomic E-state index is -0.0931. The lowest BCUT2D eigenvalue weighted by atomic mass is 9.86. The maximum absolute atomic E-state index is 12.4. The first-order valence-corrected chi connectivity index (χ1v) is 9.36. The molecule has 5 heteroatoms. The molecule has 2 atom stereocenters. The predicted octanol–water partition coefficient (Wildman–Crippen LogP) is 2.20. The zero-order valence-electron chi connectivity index (χ0n) is 14.3. The Balaban J connectivity index is 1.39. The van der Waals surface area contributed by atoms with Gasteiger partial charge in [-0.25, -0.2) is 0 Å². The van der Waals surface area contributed by atoms with E-state index >= 15 is 0 Å². The van der Waals surface area contributed by atoms with Gasteiger partial charge in [-0.2, -0.15) is 0 Å². The third kappa shape index (κ3) is 4.25. The second-order valence-corrected chi connectivity index (χ2v) is 7.46. The topological polar surface area (TPSA) is 49.9 Å². The molecule has 0 aromatic carbocycles. The highest BCUT2D eigenvalue weighted by atomic mass is 16.6. The SMILES string of the molecule is C[C@H]1C[C@@H](N2CCN(C(=O)CCC3CCCCC3)CC2)C(=O)O1. The van der Waals surface area contributed by atoms with Gasteiger partial charge < -0.3 is 9.64 Å². The van der Waals surface area contributed by atoms with Gasteiger partial charge in [0.25, 0.3) is 0 Å². The summed E-state index contributed by atoms with van der Waals surface area (Å²) in [4.78, 5) is 28.4. The molecule has 0 bridgehead atoms. The van der Waals surface area contributed by atoms with E-state index in [4.69, 9.17) is 4.74 Å². The molecule has 2 aliphatic heterocycles. The largest absolute Gasteiger partial charge is 0.461 e. The number of esters is 1. The van der Waals surface area contributed by atoms with Gasteiger partial charge in [0.15, 0.2) is 0 Å². The highest BCUT2D eigenvalue weighted by Crippen LogP contribution is 2.27. The second kappa shape index (κ2) is 7.65. The Kier molecular flexibility index (Phi) is 5.57.